The maximum absolute atomic E-state index is 4.65. The van der Waals surface area contributed by atoms with Gasteiger partial charge in [-0.05, 0) is 45.4 Å². The molecule has 0 N–H and O–H groups in total. The predicted molar refractivity (Wildman–Crippen MR) is 107 cm³/mol. The Morgan fingerprint density at radius 3 is 2.52 bits per heavy atom. The molecule has 1 aromatic carbocycles. The molecule has 1 saturated heterocycles. The van der Waals surface area contributed by atoms with Crippen LogP contribution in [0.3, 0.4) is 0 Å². The summed E-state index contributed by atoms with van der Waals surface area (Å²) in [4.78, 5) is 16.5. The van der Waals surface area contributed by atoms with Crippen LogP contribution >= 0.6 is 11.3 Å². The highest BCUT2D eigenvalue weighted by Crippen LogP contribution is 2.35. The molecule has 2 aromatic heterocycles. The second kappa shape index (κ2) is 6.30. The van der Waals surface area contributed by atoms with E-state index in [1.165, 1.54) is 27.1 Å². The lowest BCUT2D eigenvalue weighted by atomic mass is 10.1. The van der Waals surface area contributed by atoms with Gasteiger partial charge in [-0.25, -0.2) is 9.97 Å². The number of rotatable bonds is 2. The van der Waals surface area contributed by atoms with E-state index in [4.69, 9.17) is 0 Å². The first-order valence-corrected chi connectivity index (χ1v) is 9.65. The van der Waals surface area contributed by atoms with Crippen LogP contribution in [0, 0.1) is 20.8 Å². The normalized spacial score (nSPS) is 18.2. The Morgan fingerprint density at radius 2 is 1.80 bits per heavy atom. The number of piperazine rings is 1. The number of aryl methyl sites for hydroxylation is 3. The third-order valence-electron chi connectivity index (χ3n) is 5.24. The van der Waals surface area contributed by atoms with Crippen molar-refractivity contribution in [1.29, 1.82) is 0 Å². The van der Waals surface area contributed by atoms with Crippen molar-refractivity contribution >= 4 is 33.1 Å². The van der Waals surface area contributed by atoms with Crippen molar-refractivity contribution < 1.29 is 0 Å². The first-order chi connectivity index (χ1) is 12.0. The van der Waals surface area contributed by atoms with Crippen LogP contribution in [0.2, 0.25) is 0 Å². The fourth-order valence-corrected chi connectivity index (χ4v) is 4.66. The van der Waals surface area contributed by atoms with Crippen molar-refractivity contribution in [3.63, 3.8) is 0 Å². The standard InChI is InChI=1S/C20H24N4S/c1-13-5-7-17(8-6-13)24-10-9-23(11-14(24)2)19-18-15(3)16(4)25-20(18)22-12-21-19/h5-8,12,14H,9-11H2,1-4H3/t14-/m0/s1. The summed E-state index contributed by atoms with van der Waals surface area (Å²) in [6, 6.07) is 9.30. The molecule has 1 aliphatic rings. The summed E-state index contributed by atoms with van der Waals surface area (Å²) in [7, 11) is 0. The smallest absolute Gasteiger partial charge is 0.141 e. The molecule has 0 unspecified atom stereocenters. The first kappa shape index (κ1) is 16.3. The Morgan fingerprint density at radius 1 is 1.04 bits per heavy atom. The van der Waals surface area contributed by atoms with E-state index in [0.717, 1.165) is 30.3 Å². The van der Waals surface area contributed by atoms with Gasteiger partial charge in [-0.3, -0.25) is 0 Å². The molecule has 0 amide bonds. The van der Waals surface area contributed by atoms with E-state index in [1.807, 2.05) is 0 Å². The summed E-state index contributed by atoms with van der Waals surface area (Å²) in [6.45, 7) is 11.8. The summed E-state index contributed by atoms with van der Waals surface area (Å²) >= 11 is 1.77. The van der Waals surface area contributed by atoms with E-state index >= 15 is 0 Å². The number of nitrogens with zero attached hydrogens (tertiary/aromatic N) is 4. The Bertz CT molecular complexity index is 900. The van der Waals surface area contributed by atoms with Gasteiger partial charge in [-0.2, -0.15) is 0 Å². The highest BCUT2D eigenvalue weighted by Gasteiger charge is 2.26. The molecule has 1 atom stereocenters. The number of benzene rings is 1. The topological polar surface area (TPSA) is 32.3 Å². The van der Waals surface area contributed by atoms with Crippen LogP contribution in [0.25, 0.3) is 10.2 Å². The number of anilines is 2. The minimum atomic E-state index is 0.446. The van der Waals surface area contributed by atoms with Gasteiger partial charge in [0.05, 0.1) is 5.39 Å². The molecule has 4 nitrogen and oxygen atoms in total. The van der Waals surface area contributed by atoms with Crippen LogP contribution in [-0.2, 0) is 0 Å². The maximum atomic E-state index is 4.65. The molecule has 130 valence electrons. The van der Waals surface area contributed by atoms with Gasteiger partial charge in [0.25, 0.3) is 0 Å². The third kappa shape index (κ3) is 2.86. The van der Waals surface area contributed by atoms with Crippen molar-refractivity contribution in [2.24, 2.45) is 0 Å². The van der Waals surface area contributed by atoms with Crippen molar-refractivity contribution in [2.45, 2.75) is 33.7 Å². The number of thiophene rings is 1. The summed E-state index contributed by atoms with van der Waals surface area (Å²) in [5.41, 5.74) is 3.94. The van der Waals surface area contributed by atoms with E-state index in [1.54, 1.807) is 17.7 Å². The Kier molecular flexibility index (Phi) is 4.12. The fraction of sp³-hybridized carbons (Fsp3) is 0.400. The van der Waals surface area contributed by atoms with Crippen LogP contribution in [0.4, 0.5) is 11.5 Å². The molecule has 3 aromatic rings. The van der Waals surface area contributed by atoms with Crippen LogP contribution in [-0.4, -0.2) is 35.6 Å². The molecular weight excluding hydrogens is 328 g/mol. The van der Waals surface area contributed by atoms with Gasteiger partial charge < -0.3 is 9.80 Å². The second-order valence-corrected chi connectivity index (χ2v) is 8.19. The zero-order chi connectivity index (χ0) is 17.6. The van der Waals surface area contributed by atoms with Crippen molar-refractivity contribution in [1.82, 2.24) is 9.97 Å². The summed E-state index contributed by atoms with van der Waals surface area (Å²) in [6.07, 6.45) is 1.71. The molecule has 0 saturated carbocycles. The lowest BCUT2D eigenvalue weighted by Crippen LogP contribution is -2.52. The molecule has 1 fully saturated rings. The van der Waals surface area contributed by atoms with E-state index in [0.29, 0.717) is 6.04 Å². The lowest BCUT2D eigenvalue weighted by Gasteiger charge is -2.42. The molecule has 0 aliphatic carbocycles. The zero-order valence-corrected chi connectivity index (χ0v) is 16.1. The quantitative estimate of drug-likeness (QED) is 0.687. The summed E-state index contributed by atoms with van der Waals surface area (Å²) in [5.74, 6) is 1.10. The number of aromatic nitrogens is 2. The highest BCUT2D eigenvalue weighted by atomic mass is 32.1. The Hall–Kier alpha value is -2.14. The molecule has 25 heavy (non-hydrogen) atoms. The highest BCUT2D eigenvalue weighted by molar-refractivity contribution is 7.18. The minimum absolute atomic E-state index is 0.446. The van der Waals surface area contributed by atoms with Crippen molar-refractivity contribution in [3.8, 4) is 0 Å². The number of hydrogen-bond donors (Lipinski definition) is 0. The average Bonchev–Trinajstić information content (AvgIpc) is 2.90. The number of hydrogen-bond acceptors (Lipinski definition) is 5. The molecule has 0 spiro atoms. The van der Waals surface area contributed by atoms with E-state index < -0.39 is 0 Å². The summed E-state index contributed by atoms with van der Waals surface area (Å²) in [5, 5.41) is 1.24. The maximum Gasteiger partial charge on any atom is 0.141 e. The average molecular weight is 353 g/mol. The van der Waals surface area contributed by atoms with Crippen molar-refractivity contribution in [3.05, 3.63) is 46.6 Å². The minimum Gasteiger partial charge on any atom is -0.365 e. The predicted octanol–water partition coefficient (Wildman–Crippen LogP) is 4.33. The molecule has 0 bridgehead atoms. The fourth-order valence-electron chi connectivity index (χ4n) is 3.67. The molecule has 1 aliphatic heterocycles. The zero-order valence-electron chi connectivity index (χ0n) is 15.3. The van der Waals surface area contributed by atoms with Crippen LogP contribution in [0.5, 0.6) is 0 Å². The van der Waals surface area contributed by atoms with Gasteiger partial charge >= 0.3 is 0 Å². The van der Waals surface area contributed by atoms with Gasteiger partial charge in [0.2, 0.25) is 0 Å². The molecule has 4 rings (SSSR count). The van der Waals surface area contributed by atoms with Crippen LogP contribution in [0.15, 0.2) is 30.6 Å². The van der Waals surface area contributed by atoms with Crippen molar-refractivity contribution in [2.75, 3.05) is 29.4 Å². The monoisotopic (exact) mass is 352 g/mol. The third-order valence-corrected chi connectivity index (χ3v) is 6.35. The van der Waals surface area contributed by atoms with E-state index in [2.05, 4.69) is 71.7 Å². The molecule has 0 radical (unpaired) electrons. The van der Waals surface area contributed by atoms with Gasteiger partial charge in [-0.15, -0.1) is 11.3 Å². The lowest BCUT2D eigenvalue weighted by molar-refractivity contribution is 0.548. The van der Waals surface area contributed by atoms with Gasteiger partial charge in [0, 0.05) is 36.2 Å². The van der Waals surface area contributed by atoms with Crippen LogP contribution < -0.4 is 9.80 Å². The van der Waals surface area contributed by atoms with E-state index in [-0.39, 0.29) is 0 Å². The Labute approximate surface area is 153 Å². The molecule has 5 heteroatoms. The number of fused-ring (bicyclic) bond motifs is 1. The molecule has 3 heterocycles. The largest absolute Gasteiger partial charge is 0.365 e. The SMILES string of the molecule is Cc1ccc(N2CCN(c3ncnc4sc(C)c(C)c34)C[C@@H]2C)cc1. The summed E-state index contributed by atoms with van der Waals surface area (Å²) < 4.78 is 0. The molecular formula is C20H24N4S. The second-order valence-electron chi connectivity index (χ2n) is 6.98. The van der Waals surface area contributed by atoms with Gasteiger partial charge in [0.1, 0.15) is 17.0 Å². The van der Waals surface area contributed by atoms with Gasteiger partial charge in [-0.1, -0.05) is 17.7 Å². The van der Waals surface area contributed by atoms with Crippen LogP contribution in [0.1, 0.15) is 22.9 Å². The van der Waals surface area contributed by atoms with E-state index in [9.17, 15) is 0 Å². The first-order valence-electron chi connectivity index (χ1n) is 8.83. The van der Waals surface area contributed by atoms with Gasteiger partial charge in [0.15, 0.2) is 0 Å². The Balaban J connectivity index is 1.62.